The van der Waals surface area contributed by atoms with Crippen LogP contribution in [0.3, 0.4) is 0 Å². The van der Waals surface area contributed by atoms with Gasteiger partial charge in [-0.15, -0.1) is 6.58 Å². The summed E-state index contributed by atoms with van der Waals surface area (Å²) in [6, 6.07) is 8.51. The maximum absolute atomic E-state index is 3.56. The smallest absolute Gasteiger partial charge is 0.0386 e. The molecule has 2 nitrogen and oxygen atoms in total. The highest BCUT2D eigenvalue weighted by Gasteiger charge is 2.08. The minimum atomic E-state index is 1.05. The summed E-state index contributed by atoms with van der Waals surface area (Å²) in [7, 11) is 2.16. The Morgan fingerprint density at radius 3 is 2.39 bits per heavy atom. The molecule has 0 aliphatic carbocycles. The van der Waals surface area contributed by atoms with E-state index in [4.69, 9.17) is 0 Å². The predicted octanol–water partition coefficient (Wildman–Crippen LogP) is 4.15. The van der Waals surface area contributed by atoms with Gasteiger partial charge in [-0.05, 0) is 32.5 Å². The summed E-state index contributed by atoms with van der Waals surface area (Å²) < 4.78 is 0. The molecule has 1 heterocycles. The second kappa shape index (κ2) is 9.72. The number of nitrogens with zero attached hydrogens (tertiary/aromatic N) is 1. The minimum absolute atomic E-state index is 1.05. The van der Waals surface area contributed by atoms with E-state index in [-0.39, 0.29) is 0 Å². The first-order valence-corrected chi connectivity index (χ1v) is 6.72. The zero-order chi connectivity index (χ0) is 14.0. The lowest BCUT2D eigenvalue weighted by Crippen LogP contribution is -2.20. The topological polar surface area (TPSA) is 15.3 Å². The third-order valence-corrected chi connectivity index (χ3v) is 2.27. The highest BCUT2D eigenvalue weighted by molar-refractivity contribution is 5.51. The highest BCUT2D eigenvalue weighted by Crippen LogP contribution is 2.18. The number of allylic oxidation sites excluding steroid dienone is 1. The third-order valence-electron chi connectivity index (χ3n) is 2.27. The zero-order valence-electron chi connectivity index (χ0n) is 12.6. The highest BCUT2D eigenvalue weighted by atomic mass is 15.1. The van der Waals surface area contributed by atoms with Gasteiger partial charge in [0.15, 0.2) is 0 Å². The molecule has 0 saturated carbocycles. The van der Waals surface area contributed by atoms with Crippen LogP contribution in [0.1, 0.15) is 33.3 Å². The Hall–Kier alpha value is -1.28. The van der Waals surface area contributed by atoms with Crippen LogP contribution in [0.5, 0.6) is 0 Å². The van der Waals surface area contributed by atoms with E-state index in [1.165, 1.54) is 16.8 Å². The van der Waals surface area contributed by atoms with Crippen molar-refractivity contribution < 1.29 is 0 Å². The molecular formula is C16H28N2. The fraction of sp³-hybridized carbons (Fsp3) is 0.500. The van der Waals surface area contributed by atoms with Crippen LogP contribution >= 0.6 is 0 Å². The van der Waals surface area contributed by atoms with Gasteiger partial charge in [-0.3, -0.25) is 0 Å². The molecule has 0 radical (unpaired) electrons. The van der Waals surface area contributed by atoms with Crippen LogP contribution in [0.2, 0.25) is 0 Å². The van der Waals surface area contributed by atoms with Gasteiger partial charge < -0.3 is 10.2 Å². The van der Waals surface area contributed by atoms with E-state index in [1.54, 1.807) is 0 Å². The first kappa shape index (κ1) is 16.7. The van der Waals surface area contributed by atoms with Crippen LogP contribution in [0, 0.1) is 0 Å². The summed E-state index contributed by atoms with van der Waals surface area (Å²) in [4.78, 5) is 2.33. The average molecular weight is 248 g/mol. The quantitative estimate of drug-likeness (QED) is 0.694. The lowest BCUT2D eigenvalue weighted by Gasteiger charge is -2.11. The molecular weight excluding hydrogens is 220 g/mol. The van der Waals surface area contributed by atoms with E-state index < -0.39 is 0 Å². The lowest BCUT2D eigenvalue weighted by atomic mass is 10.2. The van der Waals surface area contributed by atoms with Gasteiger partial charge in [0.25, 0.3) is 0 Å². The van der Waals surface area contributed by atoms with E-state index in [0.29, 0.717) is 0 Å². The zero-order valence-corrected chi connectivity index (χ0v) is 12.6. The van der Waals surface area contributed by atoms with Gasteiger partial charge in [0.1, 0.15) is 0 Å². The Balaban J connectivity index is 0.000000415. The third kappa shape index (κ3) is 7.13. The first-order chi connectivity index (χ1) is 8.59. The maximum Gasteiger partial charge on any atom is 0.0386 e. The average Bonchev–Trinajstić information content (AvgIpc) is 2.51. The van der Waals surface area contributed by atoms with E-state index in [1.807, 2.05) is 27.7 Å². The van der Waals surface area contributed by atoms with Crippen molar-refractivity contribution in [2.75, 3.05) is 25.5 Å². The number of para-hydroxylation sites is 1. The van der Waals surface area contributed by atoms with Crippen LogP contribution < -0.4 is 5.32 Å². The van der Waals surface area contributed by atoms with Crippen LogP contribution in [0.15, 0.2) is 36.4 Å². The molecule has 0 fully saturated rings. The predicted molar refractivity (Wildman–Crippen MR) is 83.1 cm³/mol. The first-order valence-electron chi connectivity index (χ1n) is 6.72. The van der Waals surface area contributed by atoms with E-state index >= 15 is 0 Å². The SMILES string of the molecule is C=C(C)C.CC.CN1CCNc2ccccc2C1. The van der Waals surface area contributed by atoms with E-state index in [2.05, 4.69) is 48.1 Å². The number of likely N-dealkylation sites (N-methyl/N-ethyl adjacent to an activating group) is 1. The molecule has 0 aromatic heterocycles. The molecule has 18 heavy (non-hydrogen) atoms. The number of hydrogen-bond acceptors (Lipinski definition) is 2. The number of hydrogen-bond donors (Lipinski definition) is 1. The summed E-state index contributed by atoms with van der Waals surface area (Å²) >= 11 is 0. The number of nitrogens with one attached hydrogen (secondary N) is 1. The van der Waals surface area contributed by atoms with Crippen molar-refractivity contribution >= 4 is 5.69 Å². The second-order valence-corrected chi connectivity index (χ2v) is 4.53. The van der Waals surface area contributed by atoms with Gasteiger partial charge >= 0.3 is 0 Å². The van der Waals surface area contributed by atoms with Crippen molar-refractivity contribution in [3.63, 3.8) is 0 Å². The summed E-state index contributed by atoms with van der Waals surface area (Å²) in [5.41, 5.74) is 3.86. The van der Waals surface area contributed by atoms with Crippen molar-refractivity contribution in [1.82, 2.24) is 4.90 Å². The normalized spacial score (nSPS) is 13.6. The second-order valence-electron chi connectivity index (χ2n) is 4.53. The fourth-order valence-corrected chi connectivity index (χ4v) is 1.58. The lowest BCUT2D eigenvalue weighted by molar-refractivity contribution is 0.346. The van der Waals surface area contributed by atoms with Gasteiger partial charge in [0.05, 0.1) is 0 Å². The van der Waals surface area contributed by atoms with E-state index in [0.717, 1.165) is 19.6 Å². The minimum Gasteiger partial charge on any atom is -0.383 e. The van der Waals surface area contributed by atoms with Crippen LogP contribution in [-0.2, 0) is 6.54 Å². The summed E-state index contributed by atoms with van der Waals surface area (Å²) in [5, 5.41) is 3.41. The van der Waals surface area contributed by atoms with Crippen molar-refractivity contribution in [1.29, 1.82) is 0 Å². The number of fused-ring (bicyclic) bond motifs is 1. The van der Waals surface area contributed by atoms with Gasteiger partial charge in [0, 0.05) is 25.3 Å². The van der Waals surface area contributed by atoms with Crippen LogP contribution in [-0.4, -0.2) is 25.0 Å². The molecule has 1 aliphatic rings. The molecule has 0 saturated heterocycles. The molecule has 1 aliphatic heterocycles. The monoisotopic (exact) mass is 248 g/mol. The molecule has 2 heteroatoms. The molecule has 0 atom stereocenters. The maximum atomic E-state index is 3.56. The van der Waals surface area contributed by atoms with Crippen molar-refractivity contribution in [3.8, 4) is 0 Å². The molecule has 1 aromatic carbocycles. The number of rotatable bonds is 0. The Kier molecular flexibility index (Phi) is 9.03. The molecule has 0 spiro atoms. The van der Waals surface area contributed by atoms with Crippen LogP contribution in [0.4, 0.5) is 5.69 Å². The van der Waals surface area contributed by atoms with Gasteiger partial charge in [0.2, 0.25) is 0 Å². The molecule has 102 valence electrons. The Labute approximate surface area is 113 Å². The molecule has 1 aromatic rings. The standard InChI is InChI=1S/C10H14N2.C4H8.C2H6/c1-12-7-6-11-10-5-3-2-4-9(10)8-12;1-4(2)3;1-2/h2-5,11H,6-8H2,1H3;1H2,2-3H3;1-2H3. The van der Waals surface area contributed by atoms with E-state index in [9.17, 15) is 0 Å². The van der Waals surface area contributed by atoms with Crippen molar-refractivity contribution in [2.24, 2.45) is 0 Å². The fourth-order valence-electron chi connectivity index (χ4n) is 1.58. The number of benzene rings is 1. The Morgan fingerprint density at radius 2 is 1.78 bits per heavy atom. The summed E-state index contributed by atoms with van der Waals surface area (Å²) in [6.45, 7) is 14.7. The molecule has 0 bridgehead atoms. The Bertz CT molecular complexity index is 341. The molecule has 2 rings (SSSR count). The molecule has 0 amide bonds. The largest absolute Gasteiger partial charge is 0.383 e. The Morgan fingerprint density at radius 1 is 1.22 bits per heavy atom. The number of anilines is 1. The van der Waals surface area contributed by atoms with Crippen molar-refractivity contribution in [3.05, 3.63) is 42.0 Å². The van der Waals surface area contributed by atoms with Gasteiger partial charge in [-0.25, -0.2) is 0 Å². The van der Waals surface area contributed by atoms with Crippen LogP contribution in [0.25, 0.3) is 0 Å². The van der Waals surface area contributed by atoms with Gasteiger partial charge in [-0.1, -0.05) is 37.6 Å². The van der Waals surface area contributed by atoms with Gasteiger partial charge in [-0.2, -0.15) is 0 Å². The molecule has 1 N–H and O–H groups in total. The van der Waals surface area contributed by atoms with Crippen molar-refractivity contribution in [2.45, 2.75) is 34.2 Å². The summed E-state index contributed by atoms with van der Waals surface area (Å²) in [6.07, 6.45) is 0. The summed E-state index contributed by atoms with van der Waals surface area (Å²) in [5.74, 6) is 0. The molecule has 0 unspecified atom stereocenters.